The van der Waals surface area contributed by atoms with Gasteiger partial charge in [0.25, 0.3) is 0 Å². The Morgan fingerprint density at radius 2 is 2.18 bits per heavy atom. The van der Waals surface area contributed by atoms with Gasteiger partial charge in [0.05, 0.1) is 12.6 Å². The van der Waals surface area contributed by atoms with E-state index in [1.807, 2.05) is 0 Å². The number of aliphatic hydroxyl groups excluding tert-OH is 1. The molecule has 0 unspecified atom stereocenters. The van der Waals surface area contributed by atoms with E-state index in [2.05, 4.69) is 11.2 Å². The van der Waals surface area contributed by atoms with Gasteiger partial charge in [-0.05, 0) is 19.8 Å². The Morgan fingerprint density at radius 1 is 1.53 bits per heavy atom. The highest BCUT2D eigenvalue weighted by Gasteiger charge is 2.25. The van der Waals surface area contributed by atoms with Gasteiger partial charge in [-0.3, -0.25) is 0 Å². The molecular weight excluding hydrogens is 216 g/mol. The lowest BCUT2D eigenvalue weighted by Crippen LogP contribution is -2.49. The van der Waals surface area contributed by atoms with Gasteiger partial charge in [-0.1, -0.05) is 25.2 Å². The highest BCUT2D eigenvalue weighted by Crippen LogP contribution is 2.22. The molecule has 1 fully saturated rings. The van der Waals surface area contributed by atoms with E-state index >= 15 is 0 Å². The zero-order valence-corrected chi connectivity index (χ0v) is 10.5. The summed E-state index contributed by atoms with van der Waals surface area (Å²) >= 11 is 0. The van der Waals surface area contributed by atoms with Gasteiger partial charge < -0.3 is 15.3 Å². The Bertz CT molecular complexity index is 278. The maximum Gasteiger partial charge on any atom is 0.318 e. The third-order valence-electron chi connectivity index (χ3n) is 3.08. The largest absolute Gasteiger partial charge is 0.392 e. The monoisotopic (exact) mass is 238 g/mol. The van der Waals surface area contributed by atoms with Crippen LogP contribution in [0.25, 0.3) is 0 Å². The van der Waals surface area contributed by atoms with E-state index in [0.717, 1.165) is 25.7 Å². The number of nitrogens with zero attached hydrogens (tertiary/aromatic N) is 1. The van der Waals surface area contributed by atoms with E-state index in [1.165, 1.54) is 6.42 Å². The number of carbonyl (C=O) groups excluding carboxylic acids is 1. The van der Waals surface area contributed by atoms with Gasteiger partial charge in [-0.15, -0.1) is 6.42 Å². The highest BCUT2D eigenvalue weighted by molar-refractivity contribution is 5.74. The number of hydrogen-bond donors (Lipinski definition) is 2. The van der Waals surface area contributed by atoms with Crippen LogP contribution in [0.15, 0.2) is 0 Å². The number of urea groups is 1. The topological polar surface area (TPSA) is 52.6 Å². The second kappa shape index (κ2) is 7.18. The molecule has 0 spiro atoms. The minimum Gasteiger partial charge on any atom is -0.392 e. The Hall–Kier alpha value is -1.21. The molecule has 4 heteroatoms. The van der Waals surface area contributed by atoms with E-state index in [-0.39, 0.29) is 18.6 Å². The first-order chi connectivity index (χ1) is 8.15. The van der Waals surface area contributed by atoms with Crippen molar-refractivity contribution < 1.29 is 9.90 Å². The van der Waals surface area contributed by atoms with E-state index < -0.39 is 6.10 Å². The van der Waals surface area contributed by atoms with Gasteiger partial charge in [-0.25, -0.2) is 4.79 Å². The molecule has 0 saturated heterocycles. The van der Waals surface area contributed by atoms with Crippen LogP contribution in [-0.2, 0) is 0 Å². The molecule has 1 aliphatic carbocycles. The lowest BCUT2D eigenvalue weighted by molar-refractivity contribution is 0.0998. The summed E-state index contributed by atoms with van der Waals surface area (Å²) in [5.74, 6) is 2.39. The van der Waals surface area contributed by atoms with Crippen molar-refractivity contribution in [2.75, 3.05) is 13.1 Å². The fraction of sp³-hybridized carbons (Fsp3) is 0.769. The summed E-state index contributed by atoms with van der Waals surface area (Å²) in [7, 11) is 0. The Labute approximate surface area is 103 Å². The smallest absolute Gasteiger partial charge is 0.318 e. The van der Waals surface area contributed by atoms with Crippen LogP contribution in [0.3, 0.4) is 0 Å². The van der Waals surface area contributed by atoms with Crippen molar-refractivity contribution in [3.05, 3.63) is 0 Å². The van der Waals surface area contributed by atoms with Crippen molar-refractivity contribution in [2.45, 2.75) is 51.2 Å². The van der Waals surface area contributed by atoms with Crippen LogP contribution in [0.5, 0.6) is 0 Å². The first kappa shape index (κ1) is 13.9. The van der Waals surface area contributed by atoms with E-state index in [9.17, 15) is 9.90 Å². The normalized spacial score (nSPS) is 18.2. The number of carbonyl (C=O) groups is 1. The molecule has 0 radical (unpaired) electrons. The fourth-order valence-corrected chi connectivity index (χ4v) is 2.30. The fourth-order valence-electron chi connectivity index (χ4n) is 2.30. The minimum atomic E-state index is -0.506. The zero-order valence-electron chi connectivity index (χ0n) is 10.5. The maximum absolute atomic E-state index is 11.9. The lowest BCUT2D eigenvalue weighted by atomic mass is 9.94. The molecule has 4 nitrogen and oxygen atoms in total. The van der Waals surface area contributed by atoms with Gasteiger partial charge in [-0.2, -0.15) is 0 Å². The lowest BCUT2D eigenvalue weighted by Gasteiger charge is -2.35. The number of amides is 2. The average Bonchev–Trinajstić information content (AvgIpc) is 2.34. The summed E-state index contributed by atoms with van der Waals surface area (Å²) in [6.07, 6.45) is 10.2. The molecule has 0 heterocycles. The summed E-state index contributed by atoms with van der Waals surface area (Å²) in [4.78, 5) is 13.7. The summed E-state index contributed by atoms with van der Waals surface area (Å²) < 4.78 is 0. The number of nitrogens with one attached hydrogen (secondary N) is 1. The van der Waals surface area contributed by atoms with E-state index in [4.69, 9.17) is 6.42 Å². The van der Waals surface area contributed by atoms with E-state index in [1.54, 1.807) is 11.8 Å². The quantitative estimate of drug-likeness (QED) is 0.726. The number of aliphatic hydroxyl groups is 1. The van der Waals surface area contributed by atoms with Gasteiger partial charge in [0.15, 0.2) is 0 Å². The first-order valence-electron chi connectivity index (χ1n) is 6.31. The van der Waals surface area contributed by atoms with Crippen molar-refractivity contribution >= 4 is 6.03 Å². The predicted octanol–water partition coefficient (Wildman–Crippen LogP) is 1.34. The van der Waals surface area contributed by atoms with Crippen LogP contribution in [-0.4, -0.2) is 41.3 Å². The molecule has 0 bridgehead atoms. The molecule has 0 aromatic heterocycles. The predicted molar refractivity (Wildman–Crippen MR) is 67.5 cm³/mol. The Kier molecular flexibility index (Phi) is 5.85. The van der Waals surface area contributed by atoms with Gasteiger partial charge in [0.2, 0.25) is 0 Å². The second-order valence-corrected chi connectivity index (χ2v) is 4.66. The molecule has 2 amide bonds. The molecule has 0 aromatic rings. The van der Waals surface area contributed by atoms with Crippen LogP contribution < -0.4 is 5.32 Å². The summed E-state index contributed by atoms with van der Waals surface area (Å²) in [6.45, 7) is 2.31. The second-order valence-electron chi connectivity index (χ2n) is 4.66. The standard InChI is InChI=1S/C13H22N2O2/c1-3-9-14-13(17)15(10-11(2)16)12-7-5-4-6-8-12/h1,11-12,16H,4-10H2,2H3,(H,14,17)/t11-/m1/s1. The van der Waals surface area contributed by atoms with Crippen LogP contribution >= 0.6 is 0 Å². The molecule has 2 N–H and O–H groups in total. The maximum atomic E-state index is 11.9. The number of rotatable bonds is 4. The van der Waals surface area contributed by atoms with Gasteiger partial charge in [0.1, 0.15) is 0 Å². The van der Waals surface area contributed by atoms with Gasteiger partial charge >= 0.3 is 6.03 Å². The SMILES string of the molecule is C#CCNC(=O)N(C[C@@H](C)O)C1CCCCC1. The summed E-state index contributed by atoms with van der Waals surface area (Å²) in [5.41, 5.74) is 0. The molecule has 0 aromatic carbocycles. The van der Waals surface area contributed by atoms with Crippen molar-refractivity contribution in [3.8, 4) is 12.3 Å². The van der Waals surface area contributed by atoms with Crippen LogP contribution in [0.1, 0.15) is 39.0 Å². The van der Waals surface area contributed by atoms with Crippen molar-refractivity contribution in [3.63, 3.8) is 0 Å². The molecule has 1 rings (SSSR count). The molecular formula is C13H22N2O2. The summed E-state index contributed by atoms with van der Waals surface area (Å²) in [5, 5.41) is 12.1. The Balaban J connectivity index is 2.58. The van der Waals surface area contributed by atoms with Gasteiger partial charge in [0, 0.05) is 12.6 Å². The van der Waals surface area contributed by atoms with Crippen LogP contribution in [0.4, 0.5) is 4.79 Å². The van der Waals surface area contributed by atoms with Crippen molar-refractivity contribution in [1.29, 1.82) is 0 Å². The van der Waals surface area contributed by atoms with Crippen LogP contribution in [0.2, 0.25) is 0 Å². The highest BCUT2D eigenvalue weighted by atomic mass is 16.3. The molecule has 1 atom stereocenters. The third kappa shape index (κ3) is 4.66. The average molecular weight is 238 g/mol. The van der Waals surface area contributed by atoms with E-state index in [0.29, 0.717) is 6.54 Å². The van der Waals surface area contributed by atoms with Crippen molar-refractivity contribution in [1.82, 2.24) is 10.2 Å². The summed E-state index contributed by atoms with van der Waals surface area (Å²) in [6, 6.07) is 0.0897. The van der Waals surface area contributed by atoms with Crippen LogP contribution in [0, 0.1) is 12.3 Å². The number of terminal acetylenes is 1. The minimum absolute atomic E-state index is 0.157. The molecule has 1 saturated carbocycles. The van der Waals surface area contributed by atoms with Crippen molar-refractivity contribution in [2.24, 2.45) is 0 Å². The molecule has 1 aliphatic rings. The molecule has 0 aliphatic heterocycles. The Morgan fingerprint density at radius 3 is 2.71 bits per heavy atom. The third-order valence-corrected chi connectivity index (χ3v) is 3.08. The molecule has 17 heavy (non-hydrogen) atoms. The zero-order chi connectivity index (χ0) is 12.7. The number of hydrogen-bond acceptors (Lipinski definition) is 2. The molecule has 96 valence electrons. The first-order valence-corrected chi connectivity index (χ1v) is 6.31.